The number of hydrogen-bond donors (Lipinski definition) is 0. The maximum atomic E-state index is 12.5. The zero-order valence-electron chi connectivity index (χ0n) is 14.7. The Bertz CT molecular complexity index is 781. The Morgan fingerprint density at radius 1 is 1.42 bits per heavy atom. The molecule has 0 saturated carbocycles. The van der Waals surface area contributed by atoms with Gasteiger partial charge in [-0.1, -0.05) is 54.3 Å². The van der Waals surface area contributed by atoms with Gasteiger partial charge in [-0.05, 0) is 18.4 Å². The first-order valence-electron chi connectivity index (χ1n) is 8.29. The largest absolute Gasteiger partial charge is 0.386 e. The molecule has 0 radical (unpaired) electrons. The molecule has 1 aliphatic heterocycles. The molecule has 26 heavy (non-hydrogen) atoms. The Morgan fingerprint density at radius 3 is 2.77 bits per heavy atom. The van der Waals surface area contributed by atoms with E-state index in [1.807, 2.05) is 13.8 Å². The molecule has 1 heterocycles. The quantitative estimate of drug-likeness (QED) is 0.501. The fourth-order valence-electron chi connectivity index (χ4n) is 2.76. The lowest BCUT2D eigenvalue weighted by atomic mass is 10.1. The summed E-state index contributed by atoms with van der Waals surface area (Å²) >= 11 is 12.0. The Labute approximate surface area is 164 Å². The fraction of sp³-hybridized carbons (Fsp3) is 0.529. The van der Waals surface area contributed by atoms with Gasteiger partial charge in [0.05, 0.1) is 27.8 Å². The molecule has 1 atom stereocenters. The molecule has 0 bridgehead atoms. The van der Waals surface area contributed by atoms with E-state index in [9.17, 15) is 13.2 Å². The number of rotatable bonds is 7. The van der Waals surface area contributed by atoms with Gasteiger partial charge in [-0.15, -0.1) is 0 Å². The molecule has 1 aromatic carbocycles. The number of carbonyl (C=O) groups is 1. The van der Waals surface area contributed by atoms with Crippen molar-refractivity contribution in [1.82, 2.24) is 4.90 Å². The molecular weight excluding hydrogens is 399 g/mol. The van der Waals surface area contributed by atoms with Crippen molar-refractivity contribution in [3.05, 3.63) is 33.8 Å². The maximum Gasteiger partial charge on any atom is 0.263 e. The van der Waals surface area contributed by atoms with Gasteiger partial charge in [0.15, 0.2) is 16.4 Å². The zero-order valence-corrected chi connectivity index (χ0v) is 17.0. The van der Waals surface area contributed by atoms with Crippen LogP contribution < -0.4 is 0 Å². The van der Waals surface area contributed by atoms with Crippen LogP contribution in [0.15, 0.2) is 23.4 Å². The van der Waals surface area contributed by atoms with Crippen molar-refractivity contribution in [3.8, 4) is 0 Å². The molecule has 0 N–H and O–H groups in total. The van der Waals surface area contributed by atoms with Crippen LogP contribution in [-0.4, -0.2) is 56.1 Å². The topological polar surface area (TPSA) is 76.0 Å². The van der Waals surface area contributed by atoms with Gasteiger partial charge in [-0.25, -0.2) is 8.42 Å². The van der Waals surface area contributed by atoms with Gasteiger partial charge in [0.1, 0.15) is 0 Å². The fourth-order valence-corrected chi connectivity index (χ4v) is 4.85. The van der Waals surface area contributed by atoms with Crippen molar-refractivity contribution in [2.45, 2.75) is 26.3 Å². The number of carbonyl (C=O) groups excluding carboxylic acids is 1. The van der Waals surface area contributed by atoms with Gasteiger partial charge in [0.25, 0.3) is 5.91 Å². The first-order chi connectivity index (χ1) is 12.2. The molecular formula is C17H22Cl2N2O4S. The molecule has 2 rings (SSSR count). The third-order valence-electron chi connectivity index (χ3n) is 3.97. The molecule has 0 unspecified atom stereocenters. The monoisotopic (exact) mass is 420 g/mol. The van der Waals surface area contributed by atoms with Gasteiger partial charge < -0.3 is 9.74 Å². The van der Waals surface area contributed by atoms with Crippen LogP contribution in [0, 0.1) is 5.92 Å². The minimum atomic E-state index is -3.07. The number of oxime groups is 1. The number of nitrogens with zero attached hydrogens (tertiary/aromatic N) is 2. The second kappa shape index (κ2) is 9.06. The molecule has 0 spiro atoms. The summed E-state index contributed by atoms with van der Waals surface area (Å²) < 4.78 is 23.4. The van der Waals surface area contributed by atoms with Crippen LogP contribution in [0.25, 0.3) is 0 Å². The number of amides is 1. The van der Waals surface area contributed by atoms with E-state index in [-0.39, 0.29) is 36.0 Å². The Balaban J connectivity index is 1.96. The normalized spacial score (nSPS) is 19.2. The summed E-state index contributed by atoms with van der Waals surface area (Å²) in [6, 6.07) is 4.80. The molecule has 0 aromatic heterocycles. The van der Waals surface area contributed by atoms with E-state index < -0.39 is 9.84 Å². The summed E-state index contributed by atoms with van der Waals surface area (Å²) in [7, 11) is -3.07. The lowest BCUT2D eigenvalue weighted by Crippen LogP contribution is -2.44. The lowest BCUT2D eigenvalue weighted by Gasteiger charge is -2.29. The summed E-state index contributed by atoms with van der Waals surface area (Å²) in [4.78, 5) is 19.2. The third-order valence-corrected chi connectivity index (χ3v) is 6.55. The highest BCUT2D eigenvalue weighted by Gasteiger charge is 2.34. The number of hydrogen-bond acceptors (Lipinski definition) is 5. The van der Waals surface area contributed by atoms with Crippen LogP contribution in [0.5, 0.6) is 0 Å². The Morgan fingerprint density at radius 2 is 2.15 bits per heavy atom. The summed E-state index contributed by atoms with van der Waals surface area (Å²) in [6.07, 6.45) is 1.84. The van der Waals surface area contributed by atoms with Gasteiger partial charge >= 0.3 is 0 Å². The van der Waals surface area contributed by atoms with Crippen LogP contribution in [0.3, 0.4) is 0 Å². The standard InChI is InChI=1S/C17H22Cl2N2O4S/c1-12(2)9-21(14-6-7-26(23,24)11-14)16(22)10-25-20-8-13-4-3-5-15(18)17(13)19/h3-5,8,12,14H,6-7,9-11H2,1-2H3/b20-8-/t14-/m1/s1. The van der Waals surface area contributed by atoms with E-state index in [1.54, 1.807) is 23.1 Å². The highest BCUT2D eigenvalue weighted by Crippen LogP contribution is 2.24. The van der Waals surface area contributed by atoms with E-state index >= 15 is 0 Å². The van der Waals surface area contributed by atoms with E-state index in [4.69, 9.17) is 28.0 Å². The van der Waals surface area contributed by atoms with Crippen molar-refractivity contribution in [2.75, 3.05) is 24.7 Å². The van der Waals surface area contributed by atoms with Crippen LogP contribution in [0.1, 0.15) is 25.8 Å². The van der Waals surface area contributed by atoms with Gasteiger partial charge in [0, 0.05) is 18.2 Å². The molecule has 1 fully saturated rings. The highest BCUT2D eigenvalue weighted by molar-refractivity contribution is 7.91. The minimum Gasteiger partial charge on any atom is -0.386 e. The second-order valence-corrected chi connectivity index (χ2v) is 9.66. The number of sulfone groups is 1. The summed E-state index contributed by atoms with van der Waals surface area (Å²) in [6.45, 7) is 4.16. The molecule has 9 heteroatoms. The van der Waals surface area contributed by atoms with Crippen molar-refractivity contribution < 1.29 is 18.0 Å². The predicted octanol–water partition coefficient (Wildman–Crippen LogP) is 3.02. The first-order valence-corrected chi connectivity index (χ1v) is 10.9. The van der Waals surface area contributed by atoms with Gasteiger partial charge in [-0.2, -0.15) is 0 Å². The molecule has 1 saturated heterocycles. The van der Waals surface area contributed by atoms with Crippen LogP contribution >= 0.6 is 23.2 Å². The average molecular weight is 421 g/mol. The lowest BCUT2D eigenvalue weighted by molar-refractivity contribution is -0.138. The SMILES string of the molecule is CC(C)CN(C(=O)CO/N=C\c1cccc(Cl)c1Cl)[C@@H]1CCS(=O)(=O)C1. The molecule has 0 aliphatic carbocycles. The Hall–Kier alpha value is -1.31. The van der Waals surface area contributed by atoms with Crippen molar-refractivity contribution in [2.24, 2.45) is 11.1 Å². The Kier molecular flexibility index (Phi) is 7.32. The minimum absolute atomic E-state index is 0.00680. The third kappa shape index (κ3) is 5.86. The highest BCUT2D eigenvalue weighted by atomic mass is 35.5. The maximum absolute atomic E-state index is 12.5. The van der Waals surface area contributed by atoms with E-state index in [0.29, 0.717) is 28.6 Å². The first kappa shape index (κ1) is 21.0. The van der Waals surface area contributed by atoms with Crippen molar-refractivity contribution in [3.63, 3.8) is 0 Å². The van der Waals surface area contributed by atoms with Gasteiger partial charge in [0.2, 0.25) is 0 Å². The zero-order chi connectivity index (χ0) is 19.3. The number of benzene rings is 1. The van der Waals surface area contributed by atoms with Crippen molar-refractivity contribution in [1.29, 1.82) is 0 Å². The second-order valence-electron chi connectivity index (χ2n) is 6.65. The van der Waals surface area contributed by atoms with Gasteiger partial charge in [-0.3, -0.25) is 4.79 Å². The molecule has 144 valence electrons. The summed E-state index contributed by atoms with van der Waals surface area (Å²) in [5.41, 5.74) is 0.576. The molecule has 1 amide bonds. The van der Waals surface area contributed by atoms with E-state index in [2.05, 4.69) is 5.16 Å². The molecule has 1 aromatic rings. The smallest absolute Gasteiger partial charge is 0.263 e. The van der Waals surface area contributed by atoms with Crippen LogP contribution in [0.4, 0.5) is 0 Å². The average Bonchev–Trinajstić information content (AvgIpc) is 2.92. The summed E-state index contributed by atoms with van der Waals surface area (Å²) in [5, 5.41) is 4.52. The van der Waals surface area contributed by atoms with E-state index in [0.717, 1.165) is 0 Å². The molecule has 6 nitrogen and oxygen atoms in total. The van der Waals surface area contributed by atoms with Crippen LogP contribution in [0.2, 0.25) is 10.0 Å². The predicted molar refractivity (Wildman–Crippen MR) is 104 cm³/mol. The number of halogens is 2. The van der Waals surface area contributed by atoms with E-state index in [1.165, 1.54) is 6.21 Å². The van der Waals surface area contributed by atoms with Crippen molar-refractivity contribution >= 4 is 45.2 Å². The summed E-state index contributed by atoms with van der Waals surface area (Å²) in [5.74, 6) is 0.0599. The van der Waals surface area contributed by atoms with Crippen LogP contribution in [-0.2, 0) is 19.5 Å². The molecule has 1 aliphatic rings.